The van der Waals surface area contributed by atoms with Gasteiger partial charge in [0.2, 0.25) is 5.82 Å². The number of rotatable bonds is 10. The first-order valence-electron chi connectivity index (χ1n) is 13.3. The Morgan fingerprint density at radius 2 is 1.72 bits per heavy atom. The van der Waals surface area contributed by atoms with Crippen molar-refractivity contribution in [2.24, 2.45) is 4.99 Å². The van der Waals surface area contributed by atoms with Gasteiger partial charge in [0, 0.05) is 28.8 Å². The quantitative estimate of drug-likeness (QED) is 0.265. The van der Waals surface area contributed by atoms with Gasteiger partial charge in [-0.1, -0.05) is 67.9 Å². The van der Waals surface area contributed by atoms with E-state index in [1.165, 1.54) is 5.56 Å². The van der Waals surface area contributed by atoms with Gasteiger partial charge in [-0.25, -0.2) is 5.06 Å². The molecule has 2 heterocycles. The van der Waals surface area contributed by atoms with Gasteiger partial charge in [0.05, 0.1) is 19.9 Å². The molecule has 8 heteroatoms. The summed E-state index contributed by atoms with van der Waals surface area (Å²) < 4.78 is 5.37. The lowest BCUT2D eigenvalue weighted by Gasteiger charge is -2.36. The second kappa shape index (κ2) is 12.0. The molecule has 1 aliphatic heterocycles. The fraction of sp³-hybridized carbons (Fsp3) is 0.290. The third-order valence-electron chi connectivity index (χ3n) is 7.12. The summed E-state index contributed by atoms with van der Waals surface area (Å²) in [5.74, 6) is 1.38. The van der Waals surface area contributed by atoms with E-state index in [1.54, 1.807) is 14.2 Å². The van der Waals surface area contributed by atoms with Crippen LogP contribution in [0.25, 0.3) is 22.5 Å². The maximum atomic E-state index is 5.88. The van der Waals surface area contributed by atoms with Gasteiger partial charge in [-0.2, -0.15) is 5.21 Å². The van der Waals surface area contributed by atoms with Crippen molar-refractivity contribution < 1.29 is 9.57 Å². The fourth-order valence-electron chi connectivity index (χ4n) is 5.06. The van der Waals surface area contributed by atoms with Gasteiger partial charge in [0.25, 0.3) is 0 Å². The Morgan fingerprint density at radius 1 is 0.923 bits per heavy atom. The molecule has 0 saturated heterocycles. The number of methoxy groups -OCH3 is 1. The zero-order valence-electron chi connectivity index (χ0n) is 22.9. The molecule has 0 bridgehead atoms. The van der Waals surface area contributed by atoms with Crippen LogP contribution in [0.1, 0.15) is 44.2 Å². The number of hydrogen-bond donors (Lipinski definition) is 1. The van der Waals surface area contributed by atoms with Crippen molar-refractivity contribution in [1.29, 1.82) is 0 Å². The van der Waals surface area contributed by atoms with Crippen molar-refractivity contribution in [3.8, 4) is 28.3 Å². The molecule has 1 N–H and O–H groups in total. The molecule has 0 spiro atoms. The van der Waals surface area contributed by atoms with Crippen LogP contribution >= 0.6 is 0 Å². The highest BCUT2D eigenvalue weighted by molar-refractivity contribution is 6.14. The molecule has 0 radical (unpaired) electrons. The zero-order chi connectivity index (χ0) is 27.2. The Kier molecular flexibility index (Phi) is 8.13. The van der Waals surface area contributed by atoms with Crippen LogP contribution < -0.4 is 4.74 Å². The molecule has 5 rings (SSSR count). The summed E-state index contributed by atoms with van der Waals surface area (Å²) in [7, 11) is 3.40. The lowest BCUT2D eigenvalue weighted by Crippen LogP contribution is -2.38. The number of hydrogen-bond acceptors (Lipinski definition) is 7. The standard InChI is InChI=1S/C31H34N6O2/c1-5-6-12-29-32-30(27(21(2)37(29)39-4)19-22-13-16-25(38-3)17-14-22)24-15-18-26(23-10-8-7-9-11-23)28(20-24)31-33-35-36-34-31/h7-11,13-18,20,29H,5-6,12,19H2,1-4H3,(H,33,34,35,36). The van der Waals surface area contributed by atoms with Crippen LogP contribution in [0.5, 0.6) is 5.75 Å². The molecule has 1 atom stereocenters. The molecule has 0 aliphatic carbocycles. The Balaban J connectivity index is 1.63. The Morgan fingerprint density at radius 3 is 2.38 bits per heavy atom. The molecule has 4 aromatic rings. The predicted molar refractivity (Wildman–Crippen MR) is 153 cm³/mol. The van der Waals surface area contributed by atoms with E-state index in [4.69, 9.17) is 14.6 Å². The number of nitrogens with zero attached hydrogens (tertiary/aromatic N) is 5. The van der Waals surface area contributed by atoms with Crippen LogP contribution in [0.4, 0.5) is 0 Å². The van der Waals surface area contributed by atoms with E-state index in [1.807, 2.05) is 35.4 Å². The number of allylic oxidation sites excluding steroid dienone is 2. The predicted octanol–water partition coefficient (Wildman–Crippen LogP) is 6.24. The largest absolute Gasteiger partial charge is 0.497 e. The number of benzene rings is 3. The van der Waals surface area contributed by atoms with Crippen molar-refractivity contribution in [2.45, 2.75) is 45.7 Å². The summed E-state index contributed by atoms with van der Waals surface area (Å²) in [6.07, 6.45) is 3.65. The molecule has 1 aliphatic rings. The van der Waals surface area contributed by atoms with Gasteiger partial charge < -0.3 is 4.74 Å². The number of hydroxylamine groups is 2. The topological polar surface area (TPSA) is 88.5 Å². The van der Waals surface area contributed by atoms with E-state index in [0.29, 0.717) is 12.2 Å². The first kappa shape index (κ1) is 26.3. The van der Waals surface area contributed by atoms with Crippen molar-refractivity contribution in [1.82, 2.24) is 25.7 Å². The lowest BCUT2D eigenvalue weighted by atomic mass is 9.89. The third-order valence-corrected chi connectivity index (χ3v) is 7.12. The van der Waals surface area contributed by atoms with Crippen molar-refractivity contribution in [3.05, 3.63) is 95.2 Å². The summed E-state index contributed by atoms with van der Waals surface area (Å²) in [6.45, 7) is 4.32. The van der Waals surface area contributed by atoms with Gasteiger partial charge >= 0.3 is 0 Å². The van der Waals surface area contributed by atoms with E-state index in [9.17, 15) is 0 Å². The van der Waals surface area contributed by atoms with Crippen LogP contribution in [0.3, 0.4) is 0 Å². The normalized spacial score (nSPS) is 15.4. The maximum absolute atomic E-state index is 5.88. The number of nitrogens with one attached hydrogen (secondary N) is 1. The number of aliphatic imine (C=N–C) groups is 1. The first-order chi connectivity index (χ1) is 19.1. The molecule has 0 saturated carbocycles. The Bertz CT molecular complexity index is 1450. The summed E-state index contributed by atoms with van der Waals surface area (Å²) >= 11 is 0. The van der Waals surface area contributed by atoms with Crippen molar-refractivity contribution in [3.63, 3.8) is 0 Å². The minimum atomic E-state index is -0.105. The van der Waals surface area contributed by atoms with Crippen LogP contribution in [0.2, 0.25) is 0 Å². The van der Waals surface area contributed by atoms with E-state index in [2.05, 4.69) is 76.9 Å². The summed E-state index contributed by atoms with van der Waals surface area (Å²) in [5, 5.41) is 17.0. The second-order valence-electron chi connectivity index (χ2n) is 9.56. The highest BCUT2D eigenvalue weighted by atomic mass is 16.7. The van der Waals surface area contributed by atoms with Crippen LogP contribution in [0, 0.1) is 0 Å². The van der Waals surface area contributed by atoms with E-state index in [0.717, 1.165) is 64.2 Å². The van der Waals surface area contributed by atoms with E-state index in [-0.39, 0.29) is 6.17 Å². The van der Waals surface area contributed by atoms with E-state index < -0.39 is 0 Å². The van der Waals surface area contributed by atoms with Crippen molar-refractivity contribution >= 4 is 5.71 Å². The minimum Gasteiger partial charge on any atom is -0.497 e. The van der Waals surface area contributed by atoms with E-state index >= 15 is 0 Å². The van der Waals surface area contributed by atoms with Crippen LogP contribution in [0.15, 0.2) is 89.1 Å². The Labute approximate surface area is 229 Å². The molecule has 3 aromatic carbocycles. The molecule has 39 heavy (non-hydrogen) atoms. The summed E-state index contributed by atoms with van der Waals surface area (Å²) in [5.41, 5.74) is 8.34. The number of H-pyrrole nitrogens is 1. The highest BCUT2D eigenvalue weighted by Gasteiger charge is 2.29. The van der Waals surface area contributed by atoms with Gasteiger partial charge in [-0.3, -0.25) is 9.83 Å². The minimum absolute atomic E-state index is 0.105. The molecule has 1 unspecified atom stereocenters. The molecule has 200 valence electrons. The molecular weight excluding hydrogens is 488 g/mol. The Hall–Kier alpha value is -4.30. The molecule has 8 nitrogen and oxygen atoms in total. The zero-order valence-corrected chi connectivity index (χ0v) is 22.9. The molecular formula is C31H34N6O2. The number of aromatic nitrogens is 4. The third kappa shape index (κ3) is 5.61. The first-order valence-corrected chi connectivity index (χ1v) is 13.3. The van der Waals surface area contributed by atoms with Crippen molar-refractivity contribution in [2.75, 3.05) is 14.2 Å². The summed E-state index contributed by atoms with van der Waals surface area (Å²) in [6, 6.07) is 24.8. The molecule has 1 aromatic heterocycles. The van der Waals surface area contributed by atoms with Gasteiger partial charge in [-0.15, -0.1) is 10.2 Å². The number of ether oxygens (including phenoxy) is 1. The summed E-state index contributed by atoms with van der Waals surface area (Å²) in [4.78, 5) is 11.2. The molecule has 0 fully saturated rings. The maximum Gasteiger partial charge on any atom is 0.205 e. The number of tetrazole rings is 1. The van der Waals surface area contributed by atoms with Gasteiger partial charge in [0.1, 0.15) is 11.9 Å². The molecule has 0 amide bonds. The van der Waals surface area contributed by atoms with Gasteiger partial charge in [-0.05, 0) is 59.9 Å². The SMILES string of the molecule is CCCCC1N=C(c2ccc(-c3ccccc3)c(-c3nn[nH]n3)c2)C(Cc2ccc(OC)cc2)=C(C)N1OC. The highest BCUT2D eigenvalue weighted by Crippen LogP contribution is 2.35. The average molecular weight is 523 g/mol. The average Bonchev–Trinajstić information content (AvgIpc) is 3.53. The fourth-order valence-corrected chi connectivity index (χ4v) is 5.06. The van der Waals surface area contributed by atoms with Gasteiger partial charge in [0.15, 0.2) is 0 Å². The lowest BCUT2D eigenvalue weighted by molar-refractivity contribution is -0.133. The van der Waals surface area contributed by atoms with Crippen LogP contribution in [-0.2, 0) is 11.3 Å². The van der Waals surface area contributed by atoms with Crippen LogP contribution in [-0.4, -0.2) is 51.8 Å². The second-order valence-corrected chi connectivity index (χ2v) is 9.56. The monoisotopic (exact) mass is 522 g/mol. The number of unbranched alkanes of at least 4 members (excludes halogenated alkanes) is 1. The smallest absolute Gasteiger partial charge is 0.205 e. The number of aromatic amines is 1.